The number of ether oxygens (including phenoxy) is 1. The Kier molecular flexibility index (Phi) is 7.38. The van der Waals surface area contributed by atoms with E-state index in [-0.39, 0.29) is 27.7 Å². The highest BCUT2D eigenvalue weighted by molar-refractivity contribution is 7.87. The SMILES string of the molecule is Cc1cccc(Cl)c1S(=O)(=O)Oc1cccc(CN(C[C@H]2CCCO2)C(=O)c2cccs2)c1. The number of hydrogen-bond donors (Lipinski definition) is 0. The summed E-state index contributed by atoms with van der Waals surface area (Å²) in [5.41, 5.74) is 1.25. The molecule has 4 rings (SSSR count). The number of hydrogen-bond acceptors (Lipinski definition) is 6. The molecule has 0 saturated carbocycles. The third kappa shape index (κ3) is 5.76. The molecule has 1 fully saturated rings. The molecule has 1 atom stereocenters. The Morgan fingerprint density at radius 2 is 2.03 bits per heavy atom. The number of benzene rings is 2. The van der Waals surface area contributed by atoms with E-state index in [1.54, 1.807) is 48.2 Å². The summed E-state index contributed by atoms with van der Waals surface area (Å²) in [5, 5.41) is 1.98. The highest BCUT2D eigenvalue weighted by Gasteiger charge is 2.25. The molecule has 174 valence electrons. The summed E-state index contributed by atoms with van der Waals surface area (Å²) in [5.74, 6) is 0.0820. The van der Waals surface area contributed by atoms with Crippen LogP contribution in [0.4, 0.5) is 0 Å². The van der Waals surface area contributed by atoms with Crippen molar-refractivity contribution in [3.8, 4) is 5.75 Å². The number of amides is 1. The van der Waals surface area contributed by atoms with Crippen molar-refractivity contribution in [2.24, 2.45) is 0 Å². The largest absolute Gasteiger partial charge is 0.379 e. The standard InChI is InChI=1S/C24H24ClNO5S2/c1-17-6-2-10-21(25)23(17)33(28,29)31-19-8-3-7-18(14-19)15-26(16-20-9-4-12-30-20)24(27)22-11-5-13-32-22/h2-3,5-8,10-11,13-14,20H,4,9,12,15-16H2,1H3/t20-/m1/s1. The molecule has 3 aromatic rings. The number of thiophene rings is 1. The molecule has 2 aromatic carbocycles. The van der Waals surface area contributed by atoms with Gasteiger partial charge in [0.2, 0.25) is 0 Å². The number of aryl methyl sites for hydroxylation is 1. The smallest absolute Gasteiger partial charge is 0.340 e. The van der Waals surface area contributed by atoms with Gasteiger partial charge in [0.25, 0.3) is 5.91 Å². The van der Waals surface area contributed by atoms with Gasteiger partial charge in [-0.3, -0.25) is 4.79 Å². The van der Waals surface area contributed by atoms with E-state index in [0.29, 0.717) is 30.1 Å². The molecule has 0 bridgehead atoms. The van der Waals surface area contributed by atoms with Crippen molar-refractivity contribution in [2.45, 2.75) is 37.3 Å². The molecule has 1 aliphatic rings. The van der Waals surface area contributed by atoms with Crippen molar-refractivity contribution in [3.63, 3.8) is 0 Å². The lowest BCUT2D eigenvalue weighted by molar-refractivity contribution is 0.0511. The van der Waals surface area contributed by atoms with Gasteiger partial charge in [-0.25, -0.2) is 0 Å². The van der Waals surface area contributed by atoms with Crippen LogP contribution in [0.15, 0.2) is 64.9 Å². The monoisotopic (exact) mass is 505 g/mol. The topological polar surface area (TPSA) is 72.9 Å². The van der Waals surface area contributed by atoms with E-state index >= 15 is 0 Å². The maximum absolute atomic E-state index is 13.1. The minimum absolute atomic E-state index is 0.00285. The molecule has 0 spiro atoms. The summed E-state index contributed by atoms with van der Waals surface area (Å²) < 4.78 is 36.9. The molecule has 1 aliphatic heterocycles. The van der Waals surface area contributed by atoms with E-state index in [4.69, 9.17) is 20.5 Å². The minimum atomic E-state index is -4.12. The van der Waals surface area contributed by atoms with Gasteiger partial charge in [-0.15, -0.1) is 11.3 Å². The van der Waals surface area contributed by atoms with Crippen LogP contribution in [-0.4, -0.2) is 38.5 Å². The summed E-state index contributed by atoms with van der Waals surface area (Å²) in [7, 11) is -4.12. The summed E-state index contributed by atoms with van der Waals surface area (Å²) >= 11 is 7.52. The van der Waals surface area contributed by atoms with Gasteiger partial charge in [0, 0.05) is 19.7 Å². The molecule has 2 heterocycles. The molecular formula is C24H24ClNO5S2. The van der Waals surface area contributed by atoms with Gasteiger partial charge >= 0.3 is 10.1 Å². The first-order valence-electron chi connectivity index (χ1n) is 10.6. The molecule has 0 unspecified atom stereocenters. The summed E-state index contributed by atoms with van der Waals surface area (Å²) in [4.78, 5) is 15.5. The average molecular weight is 506 g/mol. The Hall–Kier alpha value is -2.39. The van der Waals surface area contributed by atoms with E-state index in [9.17, 15) is 13.2 Å². The second kappa shape index (κ2) is 10.3. The fourth-order valence-corrected chi connectivity index (χ4v) is 6.23. The van der Waals surface area contributed by atoms with Gasteiger partial charge in [0.1, 0.15) is 10.6 Å². The van der Waals surface area contributed by atoms with Crippen molar-refractivity contribution in [3.05, 3.63) is 81.0 Å². The van der Waals surface area contributed by atoms with Gasteiger partial charge in [-0.05, 0) is 60.5 Å². The van der Waals surface area contributed by atoms with Crippen molar-refractivity contribution >= 4 is 39.0 Å². The lowest BCUT2D eigenvalue weighted by atomic mass is 10.1. The molecular weight excluding hydrogens is 482 g/mol. The van der Waals surface area contributed by atoms with Crippen molar-refractivity contribution in [1.82, 2.24) is 4.90 Å². The van der Waals surface area contributed by atoms with Crippen molar-refractivity contribution in [2.75, 3.05) is 13.2 Å². The third-order valence-corrected chi connectivity index (χ3v) is 8.10. The zero-order valence-electron chi connectivity index (χ0n) is 18.1. The molecule has 6 nitrogen and oxygen atoms in total. The maximum Gasteiger partial charge on any atom is 0.340 e. The number of nitrogens with zero attached hydrogens (tertiary/aromatic N) is 1. The van der Waals surface area contributed by atoms with Crippen LogP contribution in [-0.2, 0) is 21.4 Å². The Balaban J connectivity index is 1.55. The van der Waals surface area contributed by atoms with Crippen molar-refractivity contribution in [1.29, 1.82) is 0 Å². The molecule has 0 N–H and O–H groups in total. The number of carbonyl (C=O) groups excluding carboxylic acids is 1. The fourth-order valence-electron chi connectivity index (χ4n) is 3.83. The molecule has 1 amide bonds. The molecule has 0 radical (unpaired) electrons. The first-order chi connectivity index (χ1) is 15.8. The molecule has 33 heavy (non-hydrogen) atoms. The van der Waals surface area contributed by atoms with E-state index < -0.39 is 10.1 Å². The van der Waals surface area contributed by atoms with Crippen LogP contribution in [0.3, 0.4) is 0 Å². The second-order valence-electron chi connectivity index (χ2n) is 7.87. The number of rotatable bonds is 8. The van der Waals surface area contributed by atoms with Gasteiger partial charge in [-0.2, -0.15) is 8.42 Å². The third-order valence-electron chi connectivity index (χ3n) is 5.36. The van der Waals surface area contributed by atoms with Crippen LogP contribution in [0.5, 0.6) is 5.75 Å². The van der Waals surface area contributed by atoms with Crippen LogP contribution >= 0.6 is 22.9 Å². The minimum Gasteiger partial charge on any atom is -0.379 e. The van der Waals surface area contributed by atoms with Gasteiger partial charge in [0.05, 0.1) is 16.0 Å². The van der Waals surface area contributed by atoms with Crippen LogP contribution in [0, 0.1) is 6.92 Å². The zero-order chi connectivity index (χ0) is 23.4. The Morgan fingerprint density at radius 3 is 2.73 bits per heavy atom. The maximum atomic E-state index is 13.1. The first kappa shape index (κ1) is 23.8. The quantitative estimate of drug-likeness (QED) is 0.388. The fraction of sp³-hybridized carbons (Fsp3) is 0.292. The Labute approximate surface area is 202 Å². The highest BCUT2D eigenvalue weighted by Crippen LogP contribution is 2.28. The van der Waals surface area contributed by atoms with E-state index in [1.165, 1.54) is 17.4 Å². The van der Waals surface area contributed by atoms with E-state index in [1.807, 2.05) is 17.5 Å². The zero-order valence-corrected chi connectivity index (χ0v) is 20.5. The van der Waals surface area contributed by atoms with E-state index in [2.05, 4.69) is 0 Å². The lowest BCUT2D eigenvalue weighted by Gasteiger charge is -2.25. The Bertz CT molecular complexity index is 1200. The highest BCUT2D eigenvalue weighted by atomic mass is 35.5. The van der Waals surface area contributed by atoms with Crippen LogP contribution in [0.25, 0.3) is 0 Å². The molecule has 1 saturated heterocycles. The average Bonchev–Trinajstić information content (AvgIpc) is 3.47. The summed E-state index contributed by atoms with van der Waals surface area (Å²) in [6.07, 6.45) is 1.89. The van der Waals surface area contributed by atoms with Gasteiger partial charge < -0.3 is 13.8 Å². The van der Waals surface area contributed by atoms with Crippen LogP contribution in [0.1, 0.15) is 33.6 Å². The molecule has 1 aromatic heterocycles. The second-order valence-corrected chi connectivity index (χ2v) is 10.7. The number of halogens is 1. The molecule has 9 heteroatoms. The summed E-state index contributed by atoms with van der Waals surface area (Å²) in [6, 6.07) is 15.3. The predicted octanol–water partition coefficient (Wildman–Crippen LogP) is 5.30. The van der Waals surface area contributed by atoms with Gasteiger partial charge in [0.15, 0.2) is 0 Å². The summed E-state index contributed by atoms with van der Waals surface area (Å²) in [6.45, 7) is 3.14. The Morgan fingerprint density at radius 1 is 1.21 bits per heavy atom. The molecule has 0 aliphatic carbocycles. The van der Waals surface area contributed by atoms with Crippen LogP contribution < -0.4 is 4.18 Å². The van der Waals surface area contributed by atoms with Crippen molar-refractivity contribution < 1.29 is 22.1 Å². The lowest BCUT2D eigenvalue weighted by Crippen LogP contribution is -2.36. The first-order valence-corrected chi connectivity index (χ1v) is 13.2. The number of carbonyl (C=O) groups is 1. The van der Waals surface area contributed by atoms with E-state index in [0.717, 1.165) is 18.4 Å². The normalized spacial score (nSPS) is 16.0. The predicted molar refractivity (Wildman–Crippen MR) is 128 cm³/mol. The van der Waals surface area contributed by atoms with Gasteiger partial charge in [-0.1, -0.05) is 41.9 Å². The van der Waals surface area contributed by atoms with Crippen LogP contribution in [0.2, 0.25) is 5.02 Å².